The Bertz CT molecular complexity index is 352. The third kappa shape index (κ3) is 3.73. The third-order valence-corrected chi connectivity index (χ3v) is 2.62. The van der Waals surface area contributed by atoms with Crippen molar-refractivity contribution in [1.29, 1.82) is 0 Å². The van der Waals surface area contributed by atoms with Gasteiger partial charge in [0.05, 0.1) is 12.2 Å². The Morgan fingerprint density at radius 3 is 2.71 bits per heavy atom. The van der Waals surface area contributed by atoms with Crippen molar-refractivity contribution in [3.8, 4) is 0 Å². The predicted octanol–water partition coefficient (Wildman–Crippen LogP) is 2.13. The van der Waals surface area contributed by atoms with E-state index in [2.05, 4.69) is 23.7 Å². The van der Waals surface area contributed by atoms with E-state index >= 15 is 0 Å². The summed E-state index contributed by atoms with van der Waals surface area (Å²) in [6.45, 7) is 8.23. The number of amidine groups is 1. The molecule has 0 saturated heterocycles. The molecular weight excluding hydrogens is 216 g/mol. The molecule has 0 fully saturated rings. The highest BCUT2D eigenvalue weighted by atomic mass is 16.5. The molecule has 0 atom stereocenters. The van der Waals surface area contributed by atoms with Crippen molar-refractivity contribution < 1.29 is 9.53 Å². The van der Waals surface area contributed by atoms with E-state index in [0.717, 1.165) is 18.9 Å². The first-order valence-electron chi connectivity index (χ1n) is 6.08. The van der Waals surface area contributed by atoms with Crippen molar-refractivity contribution >= 4 is 11.8 Å². The summed E-state index contributed by atoms with van der Waals surface area (Å²) in [5.74, 6) is 0.713. The Kier molecular flexibility index (Phi) is 5.46. The first-order chi connectivity index (χ1) is 8.22. The Morgan fingerprint density at radius 2 is 2.12 bits per heavy atom. The summed E-state index contributed by atoms with van der Waals surface area (Å²) in [4.78, 5) is 18.1. The van der Waals surface area contributed by atoms with Gasteiger partial charge in [0.2, 0.25) is 0 Å². The van der Waals surface area contributed by atoms with Crippen molar-refractivity contribution in [2.24, 2.45) is 4.99 Å². The van der Waals surface area contributed by atoms with Gasteiger partial charge in [-0.3, -0.25) is 0 Å². The number of rotatable bonds is 4. The minimum Gasteiger partial charge on any atom is -0.462 e. The lowest BCUT2D eigenvalue weighted by atomic mass is 10.2. The SMILES string of the molecule is CCOC(=O)C1=CCC(N(CC)CC)=NC=C1. The van der Waals surface area contributed by atoms with E-state index in [1.165, 1.54) is 0 Å². The van der Waals surface area contributed by atoms with Crippen LogP contribution in [0, 0.1) is 0 Å². The van der Waals surface area contributed by atoms with Crippen molar-refractivity contribution in [2.75, 3.05) is 19.7 Å². The van der Waals surface area contributed by atoms with Gasteiger partial charge in [-0.15, -0.1) is 0 Å². The quantitative estimate of drug-likeness (QED) is 0.702. The monoisotopic (exact) mass is 236 g/mol. The summed E-state index contributed by atoms with van der Waals surface area (Å²) in [6.07, 6.45) is 5.92. The van der Waals surface area contributed by atoms with Gasteiger partial charge in [0.25, 0.3) is 0 Å². The van der Waals surface area contributed by atoms with Crippen LogP contribution in [0.5, 0.6) is 0 Å². The topological polar surface area (TPSA) is 41.9 Å². The molecule has 0 aromatic carbocycles. The van der Waals surface area contributed by atoms with Gasteiger partial charge in [0, 0.05) is 25.7 Å². The lowest BCUT2D eigenvalue weighted by Crippen LogP contribution is -2.29. The van der Waals surface area contributed by atoms with Crippen LogP contribution in [0.2, 0.25) is 0 Å². The Morgan fingerprint density at radius 1 is 1.41 bits per heavy atom. The molecule has 17 heavy (non-hydrogen) atoms. The average molecular weight is 236 g/mol. The fourth-order valence-electron chi connectivity index (χ4n) is 1.69. The van der Waals surface area contributed by atoms with E-state index < -0.39 is 0 Å². The summed E-state index contributed by atoms with van der Waals surface area (Å²) < 4.78 is 4.96. The lowest BCUT2D eigenvalue weighted by Gasteiger charge is -2.21. The Balaban J connectivity index is 2.73. The Hall–Kier alpha value is -1.58. The molecule has 0 aromatic heterocycles. The molecule has 0 amide bonds. The van der Waals surface area contributed by atoms with Gasteiger partial charge in [-0.1, -0.05) is 6.08 Å². The highest BCUT2D eigenvalue weighted by Crippen LogP contribution is 2.10. The van der Waals surface area contributed by atoms with Gasteiger partial charge in [-0.05, 0) is 26.8 Å². The maximum Gasteiger partial charge on any atom is 0.337 e. The summed E-state index contributed by atoms with van der Waals surface area (Å²) in [7, 11) is 0. The van der Waals surface area contributed by atoms with E-state index in [9.17, 15) is 4.79 Å². The second-order valence-corrected chi connectivity index (χ2v) is 3.62. The van der Waals surface area contributed by atoms with Crippen LogP contribution in [0.3, 0.4) is 0 Å². The second kappa shape index (κ2) is 6.89. The molecule has 0 radical (unpaired) electrons. The van der Waals surface area contributed by atoms with E-state index in [4.69, 9.17) is 4.74 Å². The van der Waals surface area contributed by atoms with Crippen LogP contribution < -0.4 is 0 Å². The molecule has 94 valence electrons. The van der Waals surface area contributed by atoms with Gasteiger partial charge < -0.3 is 9.64 Å². The first-order valence-corrected chi connectivity index (χ1v) is 6.08. The molecule has 4 heteroatoms. The minimum absolute atomic E-state index is 0.278. The number of carbonyl (C=O) groups is 1. The average Bonchev–Trinajstić information content (AvgIpc) is 2.57. The van der Waals surface area contributed by atoms with Crippen molar-refractivity contribution in [2.45, 2.75) is 27.2 Å². The normalized spacial score (nSPS) is 14.8. The zero-order valence-electron chi connectivity index (χ0n) is 10.8. The lowest BCUT2D eigenvalue weighted by molar-refractivity contribution is -0.138. The zero-order chi connectivity index (χ0) is 12.7. The molecule has 1 aliphatic rings. The van der Waals surface area contributed by atoms with Gasteiger partial charge in [0.15, 0.2) is 0 Å². The predicted molar refractivity (Wildman–Crippen MR) is 68.8 cm³/mol. The van der Waals surface area contributed by atoms with Gasteiger partial charge in [-0.2, -0.15) is 0 Å². The fraction of sp³-hybridized carbons (Fsp3) is 0.538. The van der Waals surface area contributed by atoms with Crippen LogP contribution >= 0.6 is 0 Å². The molecule has 0 aromatic rings. The zero-order valence-corrected chi connectivity index (χ0v) is 10.8. The molecule has 1 heterocycles. The molecule has 4 nitrogen and oxygen atoms in total. The van der Waals surface area contributed by atoms with Crippen LogP contribution in [-0.2, 0) is 9.53 Å². The van der Waals surface area contributed by atoms with Gasteiger partial charge in [0.1, 0.15) is 5.84 Å². The van der Waals surface area contributed by atoms with E-state index in [1.54, 1.807) is 19.2 Å². The van der Waals surface area contributed by atoms with E-state index in [1.807, 2.05) is 6.08 Å². The standard InChI is InChI=1S/C13H20N2O2/c1-4-15(5-2)12-8-7-11(9-10-14-12)13(16)17-6-3/h7,9-10H,4-6,8H2,1-3H3. The summed E-state index contributed by atoms with van der Waals surface area (Å²) in [5.41, 5.74) is 0.581. The number of nitrogens with zero attached hydrogens (tertiary/aromatic N) is 2. The maximum atomic E-state index is 11.6. The van der Waals surface area contributed by atoms with Crippen LogP contribution in [-0.4, -0.2) is 36.4 Å². The largest absolute Gasteiger partial charge is 0.462 e. The maximum absolute atomic E-state index is 11.6. The molecule has 0 aliphatic carbocycles. The van der Waals surface area contributed by atoms with Gasteiger partial charge in [-0.25, -0.2) is 9.79 Å². The smallest absolute Gasteiger partial charge is 0.337 e. The number of aliphatic imine (C=N–C) groups is 1. The highest BCUT2D eigenvalue weighted by Gasteiger charge is 2.12. The second-order valence-electron chi connectivity index (χ2n) is 3.62. The third-order valence-electron chi connectivity index (χ3n) is 2.62. The Labute approximate surface area is 103 Å². The molecule has 1 aliphatic heterocycles. The molecule has 0 bridgehead atoms. The van der Waals surface area contributed by atoms with Crippen LogP contribution in [0.15, 0.2) is 28.9 Å². The van der Waals surface area contributed by atoms with Gasteiger partial charge >= 0.3 is 5.97 Å². The van der Waals surface area contributed by atoms with Crippen LogP contribution in [0.25, 0.3) is 0 Å². The van der Waals surface area contributed by atoms with Crippen LogP contribution in [0.4, 0.5) is 0 Å². The molecular formula is C13H20N2O2. The first kappa shape index (κ1) is 13.5. The van der Waals surface area contributed by atoms with E-state index in [-0.39, 0.29) is 5.97 Å². The summed E-state index contributed by atoms with van der Waals surface area (Å²) in [5, 5.41) is 0. The van der Waals surface area contributed by atoms with E-state index in [0.29, 0.717) is 18.6 Å². The van der Waals surface area contributed by atoms with Crippen molar-refractivity contribution in [3.05, 3.63) is 23.9 Å². The summed E-state index contributed by atoms with van der Waals surface area (Å²) in [6, 6.07) is 0. The molecule has 0 unspecified atom stereocenters. The molecule has 0 N–H and O–H groups in total. The number of esters is 1. The number of ether oxygens (including phenoxy) is 1. The van der Waals surface area contributed by atoms with Crippen molar-refractivity contribution in [3.63, 3.8) is 0 Å². The van der Waals surface area contributed by atoms with Crippen LogP contribution in [0.1, 0.15) is 27.2 Å². The number of hydrogen-bond donors (Lipinski definition) is 0. The molecule has 0 spiro atoms. The number of carbonyl (C=O) groups excluding carboxylic acids is 1. The molecule has 1 rings (SSSR count). The van der Waals surface area contributed by atoms with Crippen molar-refractivity contribution in [1.82, 2.24) is 4.90 Å². The summed E-state index contributed by atoms with van der Waals surface area (Å²) >= 11 is 0. The highest BCUT2D eigenvalue weighted by molar-refractivity contribution is 5.94. The number of hydrogen-bond acceptors (Lipinski definition) is 4. The fourth-order valence-corrected chi connectivity index (χ4v) is 1.69. The molecule has 0 saturated carbocycles. The minimum atomic E-state index is -0.278.